The maximum atomic E-state index is 10.7. The molecule has 0 aromatic carbocycles. The molecule has 0 amide bonds. The average molecular weight is 247 g/mol. The molecule has 16 heavy (non-hydrogen) atoms. The highest BCUT2D eigenvalue weighted by Crippen LogP contribution is 2.25. The first kappa shape index (κ1) is 12.6. The zero-order chi connectivity index (χ0) is 12.5. The van der Waals surface area contributed by atoms with Crippen LogP contribution in [0.15, 0.2) is 0 Å². The number of hydrogen-bond acceptors (Lipinski definition) is 6. The van der Waals surface area contributed by atoms with Gasteiger partial charge in [0.25, 0.3) is 0 Å². The van der Waals surface area contributed by atoms with E-state index in [-0.39, 0.29) is 15.6 Å². The fourth-order valence-electron chi connectivity index (χ4n) is 1.01. The number of hydrogen-bond donors (Lipinski definition) is 4. The van der Waals surface area contributed by atoms with Crippen molar-refractivity contribution in [3.8, 4) is 0 Å². The molecule has 1 aromatic rings. The van der Waals surface area contributed by atoms with Gasteiger partial charge in [-0.15, -0.1) is 11.3 Å². The number of aliphatic carboxylic acids is 1. The second-order valence-corrected chi connectivity index (χ2v) is 4.03. The molecule has 2 atom stereocenters. The van der Waals surface area contributed by atoms with E-state index in [9.17, 15) is 14.7 Å². The van der Waals surface area contributed by atoms with E-state index in [1.54, 1.807) is 0 Å². The predicted molar refractivity (Wildman–Crippen MR) is 52.4 cm³/mol. The highest BCUT2D eigenvalue weighted by atomic mass is 32.1. The number of carboxylic acids is 2. The van der Waals surface area contributed by atoms with Crippen LogP contribution in [0.25, 0.3) is 0 Å². The number of aromatic carboxylic acids is 1. The van der Waals surface area contributed by atoms with E-state index in [1.807, 2.05) is 0 Å². The number of carbonyl (C=O) groups is 2. The van der Waals surface area contributed by atoms with Gasteiger partial charge in [-0.3, -0.25) is 0 Å². The van der Waals surface area contributed by atoms with Gasteiger partial charge >= 0.3 is 11.9 Å². The monoisotopic (exact) mass is 247 g/mol. The molecule has 0 aliphatic carbocycles. The first-order valence-corrected chi connectivity index (χ1v) is 4.95. The van der Waals surface area contributed by atoms with E-state index in [0.29, 0.717) is 11.3 Å². The second kappa shape index (κ2) is 4.56. The van der Waals surface area contributed by atoms with Gasteiger partial charge in [-0.25, -0.2) is 14.6 Å². The molecule has 0 saturated heterocycles. The summed E-state index contributed by atoms with van der Waals surface area (Å²) < 4.78 is 0. The minimum atomic E-state index is -2.02. The van der Waals surface area contributed by atoms with Crippen molar-refractivity contribution < 1.29 is 30.0 Å². The topological polar surface area (TPSA) is 128 Å². The molecule has 1 rings (SSSR count). The van der Waals surface area contributed by atoms with Crippen molar-refractivity contribution >= 4 is 23.3 Å². The fraction of sp³-hybridized carbons (Fsp3) is 0.375. The van der Waals surface area contributed by atoms with Gasteiger partial charge in [-0.2, -0.15) is 0 Å². The molecule has 0 radical (unpaired) electrons. The molecule has 0 bridgehead atoms. The predicted octanol–water partition coefficient (Wildman–Crippen LogP) is -0.371. The molecule has 88 valence electrons. The van der Waals surface area contributed by atoms with Crippen LogP contribution in [0.2, 0.25) is 0 Å². The number of thiazole rings is 1. The molecule has 0 saturated carbocycles. The third kappa shape index (κ3) is 2.35. The van der Waals surface area contributed by atoms with E-state index >= 15 is 0 Å². The Kier molecular flexibility index (Phi) is 3.58. The van der Waals surface area contributed by atoms with Gasteiger partial charge in [0.2, 0.25) is 0 Å². The fourth-order valence-corrected chi connectivity index (χ4v) is 1.93. The van der Waals surface area contributed by atoms with Gasteiger partial charge in [0, 0.05) is 0 Å². The lowest BCUT2D eigenvalue weighted by Gasteiger charge is -2.10. The van der Waals surface area contributed by atoms with E-state index in [1.165, 1.54) is 6.92 Å². The molecule has 0 aliphatic rings. The van der Waals surface area contributed by atoms with Gasteiger partial charge in [0.05, 0.1) is 5.69 Å². The van der Waals surface area contributed by atoms with Crippen molar-refractivity contribution in [1.29, 1.82) is 0 Å². The normalized spacial score (nSPS) is 14.4. The Morgan fingerprint density at radius 1 is 1.31 bits per heavy atom. The molecule has 2 unspecified atom stereocenters. The number of nitrogens with zero attached hydrogens (tertiary/aromatic N) is 1. The third-order valence-electron chi connectivity index (χ3n) is 1.81. The van der Waals surface area contributed by atoms with Crippen LogP contribution in [0.4, 0.5) is 0 Å². The smallest absolute Gasteiger partial charge is 0.347 e. The SMILES string of the molecule is Cc1nc(C(O)C(O)C(=O)O)sc1C(=O)O. The number of carboxylic acid groups (broad SMARTS) is 2. The third-order valence-corrected chi connectivity index (χ3v) is 3.03. The standard InChI is InChI=1S/C8H9NO6S/c1-2-5(8(14)15)16-6(9-2)3(10)4(11)7(12)13/h3-4,10-11H,1H3,(H,12,13)(H,14,15). The van der Waals surface area contributed by atoms with Crippen LogP contribution < -0.4 is 0 Å². The maximum absolute atomic E-state index is 10.7. The van der Waals surface area contributed by atoms with Crippen LogP contribution in [0.3, 0.4) is 0 Å². The molecule has 1 heterocycles. The molecule has 0 fully saturated rings. The Bertz CT molecular complexity index is 428. The Morgan fingerprint density at radius 2 is 1.88 bits per heavy atom. The minimum Gasteiger partial charge on any atom is -0.479 e. The van der Waals surface area contributed by atoms with Crippen LogP contribution in [0.5, 0.6) is 0 Å². The van der Waals surface area contributed by atoms with Crippen molar-refractivity contribution in [3.63, 3.8) is 0 Å². The summed E-state index contributed by atoms with van der Waals surface area (Å²) in [5, 5.41) is 35.5. The van der Waals surface area contributed by atoms with Crippen LogP contribution in [-0.4, -0.2) is 43.5 Å². The van der Waals surface area contributed by atoms with E-state index in [4.69, 9.17) is 15.3 Å². The Morgan fingerprint density at radius 3 is 2.25 bits per heavy atom. The largest absolute Gasteiger partial charge is 0.479 e. The molecule has 0 aliphatic heterocycles. The van der Waals surface area contributed by atoms with Crippen molar-refractivity contribution in [2.24, 2.45) is 0 Å². The Labute approximate surface area is 93.6 Å². The molecule has 7 nitrogen and oxygen atoms in total. The lowest BCUT2D eigenvalue weighted by Crippen LogP contribution is -2.27. The zero-order valence-corrected chi connectivity index (χ0v) is 8.93. The molecule has 4 N–H and O–H groups in total. The maximum Gasteiger partial charge on any atom is 0.347 e. The minimum absolute atomic E-state index is 0.0911. The molecule has 8 heteroatoms. The quantitative estimate of drug-likeness (QED) is 0.571. The van der Waals surface area contributed by atoms with Crippen molar-refractivity contribution in [2.45, 2.75) is 19.1 Å². The zero-order valence-electron chi connectivity index (χ0n) is 8.12. The highest BCUT2D eigenvalue weighted by molar-refractivity contribution is 7.13. The molecule has 1 aromatic heterocycles. The number of aliphatic hydroxyl groups is 2. The number of aliphatic hydroxyl groups excluding tert-OH is 2. The highest BCUT2D eigenvalue weighted by Gasteiger charge is 2.29. The lowest BCUT2D eigenvalue weighted by atomic mass is 10.2. The van der Waals surface area contributed by atoms with Gasteiger partial charge in [0.1, 0.15) is 16.0 Å². The van der Waals surface area contributed by atoms with Crippen molar-refractivity contribution in [2.75, 3.05) is 0 Å². The Hall–Kier alpha value is -1.51. The van der Waals surface area contributed by atoms with Crippen LogP contribution in [-0.2, 0) is 4.79 Å². The lowest BCUT2D eigenvalue weighted by molar-refractivity contribution is -0.153. The average Bonchev–Trinajstić information content (AvgIpc) is 2.58. The van der Waals surface area contributed by atoms with E-state index in [0.717, 1.165) is 0 Å². The molecular formula is C8H9NO6S. The van der Waals surface area contributed by atoms with Gasteiger partial charge in [-0.1, -0.05) is 0 Å². The van der Waals surface area contributed by atoms with Crippen LogP contribution >= 0.6 is 11.3 Å². The summed E-state index contributed by atoms with van der Waals surface area (Å²) in [7, 11) is 0. The second-order valence-electron chi connectivity index (χ2n) is 3.00. The summed E-state index contributed by atoms with van der Waals surface area (Å²) in [6.45, 7) is 1.42. The first-order valence-electron chi connectivity index (χ1n) is 4.14. The summed E-state index contributed by atoms with van der Waals surface area (Å²) in [5.41, 5.74) is 0.170. The summed E-state index contributed by atoms with van der Waals surface area (Å²) in [6.07, 6.45) is -3.75. The first-order chi connectivity index (χ1) is 7.34. The summed E-state index contributed by atoms with van der Waals surface area (Å²) in [6, 6.07) is 0. The number of aromatic nitrogens is 1. The number of aryl methyl sites for hydroxylation is 1. The van der Waals surface area contributed by atoms with Gasteiger partial charge in [-0.05, 0) is 6.92 Å². The van der Waals surface area contributed by atoms with Crippen LogP contribution in [0, 0.1) is 6.92 Å². The van der Waals surface area contributed by atoms with Crippen molar-refractivity contribution in [3.05, 3.63) is 15.6 Å². The summed E-state index contributed by atoms with van der Waals surface area (Å²) in [5.74, 6) is -2.81. The Balaban J connectivity index is 3.01. The van der Waals surface area contributed by atoms with Crippen LogP contribution in [0.1, 0.15) is 26.5 Å². The molecule has 0 spiro atoms. The number of rotatable bonds is 4. The molecular weight excluding hydrogens is 238 g/mol. The summed E-state index contributed by atoms with van der Waals surface area (Å²) >= 11 is 0.637. The van der Waals surface area contributed by atoms with E-state index in [2.05, 4.69) is 4.98 Å². The summed E-state index contributed by atoms with van der Waals surface area (Å²) in [4.78, 5) is 24.7. The van der Waals surface area contributed by atoms with E-state index < -0.39 is 24.1 Å². The van der Waals surface area contributed by atoms with Gasteiger partial charge in [0.15, 0.2) is 6.10 Å². The van der Waals surface area contributed by atoms with Gasteiger partial charge < -0.3 is 20.4 Å². The van der Waals surface area contributed by atoms with Crippen molar-refractivity contribution in [1.82, 2.24) is 4.98 Å².